The number of phenolic OH excluding ortho intramolecular Hbond substituents is 1. The highest BCUT2D eigenvalue weighted by Gasteiger charge is 2.18. The summed E-state index contributed by atoms with van der Waals surface area (Å²) >= 11 is 0. The van der Waals surface area contributed by atoms with Crippen molar-refractivity contribution < 1.29 is 24.1 Å². The van der Waals surface area contributed by atoms with Crippen molar-refractivity contribution in [3.8, 4) is 17.2 Å². The zero-order valence-electron chi connectivity index (χ0n) is 15.5. The van der Waals surface area contributed by atoms with E-state index in [4.69, 9.17) is 14.2 Å². The van der Waals surface area contributed by atoms with Crippen LogP contribution in [0.5, 0.6) is 17.2 Å². The number of benzene rings is 2. The molecule has 140 valence electrons. The number of aromatic nitrogens is 1. The summed E-state index contributed by atoms with van der Waals surface area (Å²) < 4.78 is 16.0. The Bertz CT molecular complexity index is 966. The van der Waals surface area contributed by atoms with Gasteiger partial charge in [-0.3, -0.25) is 4.98 Å². The lowest BCUT2D eigenvalue weighted by Gasteiger charge is -2.14. The maximum absolute atomic E-state index is 12.4. The van der Waals surface area contributed by atoms with Crippen molar-refractivity contribution in [2.75, 3.05) is 20.8 Å². The average Bonchev–Trinajstić information content (AvgIpc) is 2.68. The van der Waals surface area contributed by atoms with Crippen LogP contribution in [0.1, 0.15) is 28.5 Å². The average molecular weight is 367 g/mol. The molecule has 0 saturated heterocycles. The van der Waals surface area contributed by atoms with Crippen molar-refractivity contribution in [1.29, 1.82) is 0 Å². The second-order valence-corrected chi connectivity index (χ2v) is 5.94. The molecule has 0 aliphatic carbocycles. The lowest BCUT2D eigenvalue weighted by molar-refractivity contribution is 0.0528. The fraction of sp³-hybridized carbons (Fsp3) is 0.238. The molecule has 0 unspecified atom stereocenters. The summed E-state index contributed by atoms with van der Waals surface area (Å²) in [7, 11) is 3.11. The molecular formula is C21H21NO5. The first-order valence-electron chi connectivity index (χ1n) is 8.56. The number of fused-ring (bicyclic) bond motifs is 1. The van der Waals surface area contributed by atoms with Gasteiger partial charge in [-0.2, -0.15) is 0 Å². The minimum Gasteiger partial charge on any atom is -0.508 e. The number of hydrogen-bond donors (Lipinski definition) is 1. The molecule has 0 atom stereocenters. The third kappa shape index (κ3) is 3.79. The molecule has 3 aromatic rings. The van der Waals surface area contributed by atoms with E-state index in [1.807, 2.05) is 18.2 Å². The normalized spacial score (nSPS) is 10.6. The molecule has 1 heterocycles. The molecule has 0 amide bonds. The van der Waals surface area contributed by atoms with Crippen LogP contribution >= 0.6 is 0 Å². The van der Waals surface area contributed by atoms with Gasteiger partial charge in [0.15, 0.2) is 11.5 Å². The van der Waals surface area contributed by atoms with Gasteiger partial charge in [-0.1, -0.05) is 12.1 Å². The molecule has 27 heavy (non-hydrogen) atoms. The summed E-state index contributed by atoms with van der Waals surface area (Å²) in [5, 5.41) is 10.9. The van der Waals surface area contributed by atoms with E-state index in [1.54, 1.807) is 39.3 Å². The van der Waals surface area contributed by atoms with Gasteiger partial charge < -0.3 is 19.3 Å². The van der Waals surface area contributed by atoms with E-state index in [-0.39, 0.29) is 12.4 Å². The van der Waals surface area contributed by atoms with Crippen LogP contribution in [0.15, 0.2) is 42.6 Å². The Kier molecular flexibility index (Phi) is 5.45. The summed E-state index contributed by atoms with van der Waals surface area (Å²) in [5.74, 6) is 0.858. The van der Waals surface area contributed by atoms with Crippen molar-refractivity contribution in [2.24, 2.45) is 0 Å². The Hall–Kier alpha value is -3.28. The zero-order valence-corrected chi connectivity index (χ0v) is 15.5. The number of methoxy groups -OCH3 is 2. The second-order valence-electron chi connectivity index (χ2n) is 5.94. The first-order valence-corrected chi connectivity index (χ1v) is 8.56. The van der Waals surface area contributed by atoms with Crippen LogP contribution in [0.3, 0.4) is 0 Å². The summed E-state index contributed by atoms with van der Waals surface area (Å²) in [6.07, 6.45) is 2.07. The third-order valence-electron chi connectivity index (χ3n) is 4.28. The molecule has 3 rings (SSSR count). The molecule has 0 radical (unpaired) electrons. The van der Waals surface area contributed by atoms with Crippen molar-refractivity contribution >= 4 is 16.7 Å². The Labute approximate surface area is 157 Å². The van der Waals surface area contributed by atoms with E-state index in [0.717, 1.165) is 16.6 Å². The number of phenols is 1. The quantitative estimate of drug-likeness (QED) is 0.669. The predicted octanol–water partition coefficient (Wildman–Crippen LogP) is 3.73. The van der Waals surface area contributed by atoms with Crippen LogP contribution < -0.4 is 9.47 Å². The van der Waals surface area contributed by atoms with E-state index >= 15 is 0 Å². The minimum atomic E-state index is -0.432. The SMILES string of the molecule is CCOC(=O)c1cnc(Cc2ccc(O)cc2)c2cc(OC)c(OC)cc12. The van der Waals surface area contributed by atoms with Crippen LogP contribution in [0.4, 0.5) is 0 Å². The highest BCUT2D eigenvalue weighted by Crippen LogP contribution is 2.35. The fourth-order valence-corrected chi connectivity index (χ4v) is 2.94. The minimum absolute atomic E-state index is 0.209. The first kappa shape index (κ1) is 18.5. The Balaban J connectivity index is 2.17. The van der Waals surface area contributed by atoms with Gasteiger partial charge in [0.2, 0.25) is 0 Å². The van der Waals surface area contributed by atoms with Crippen LogP contribution in [0.25, 0.3) is 10.8 Å². The van der Waals surface area contributed by atoms with Crippen LogP contribution in [0.2, 0.25) is 0 Å². The summed E-state index contributed by atoms with van der Waals surface area (Å²) in [4.78, 5) is 16.9. The van der Waals surface area contributed by atoms with Crippen LogP contribution in [0, 0.1) is 0 Å². The van der Waals surface area contributed by atoms with Crippen LogP contribution in [-0.2, 0) is 11.2 Å². The van der Waals surface area contributed by atoms with E-state index in [1.165, 1.54) is 6.20 Å². The smallest absolute Gasteiger partial charge is 0.340 e. The number of carbonyl (C=O) groups is 1. The highest BCUT2D eigenvalue weighted by molar-refractivity contribution is 6.05. The van der Waals surface area contributed by atoms with Crippen molar-refractivity contribution in [2.45, 2.75) is 13.3 Å². The van der Waals surface area contributed by atoms with Gasteiger partial charge in [-0.25, -0.2) is 4.79 Å². The van der Waals surface area contributed by atoms with Crippen molar-refractivity contribution in [3.05, 3.63) is 59.4 Å². The van der Waals surface area contributed by atoms with Gasteiger partial charge in [-0.05, 0) is 36.8 Å². The molecule has 0 spiro atoms. The van der Waals surface area contributed by atoms with Crippen molar-refractivity contribution in [1.82, 2.24) is 4.98 Å². The predicted molar refractivity (Wildman–Crippen MR) is 102 cm³/mol. The van der Waals surface area contributed by atoms with E-state index in [0.29, 0.717) is 28.9 Å². The second kappa shape index (κ2) is 7.95. The number of pyridine rings is 1. The maximum Gasteiger partial charge on any atom is 0.340 e. The van der Waals surface area contributed by atoms with Crippen LogP contribution in [-0.4, -0.2) is 36.9 Å². The summed E-state index contributed by atoms with van der Waals surface area (Å²) in [5.41, 5.74) is 2.15. The lowest BCUT2D eigenvalue weighted by Crippen LogP contribution is -2.08. The Morgan fingerprint density at radius 1 is 1.04 bits per heavy atom. The van der Waals surface area contributed by atoms with E-state index < -0.39 is 5.97 Å². The van der Waals surface area contributed by atoms with Gasteiger partial charge >= 0.3 is 5.97 Å². The fourth-order valence-electron chi connectivity index (χ4n) is 2.94. The van der Waals surface area contributed by atoms with Gasteiger partial charge in [0.25, 0.3) is 0 Å². The number of ether oxygens (including phenoxy) is 3. The molecule has 6 nitrogen and oxygen atoms in total. The number of aromatic hydroxyl groups is 1. The molecular weight excluding hydrogens is 346 g/mol. The monoisotopic (exact) mass is 367 g/mol. The van der Waals surface area contributed by atoms with E-state index in [9.17, 15) is 9.90 Å². The Morgan fingerprint density at radius 2 is 1.67 bits per heavy atom. The molecule has 2 aromatic carbocycles. The molecule has 6 heteroatoms. The molecule has 0 fully saturated rings. The standard InChI is InChI=1S/C21H21NO5/c1-4-27-21(24)17-12-22-18(9-13-5-7-14(23)8-6-13)16-11-20(26-3)19(25-2)10-15(16)17/h5-8,10-12,23H,4,9H2,1-3H3. The molecule has 0 aliphatic heterocycles. The topological polar surface area (TPSA) is 77.9 Å². The zero-order chi connectivity index (χ0) is 19.4. The first-order chi connectivity index (χ1) is 13.1. The number of hydrogen-bond acceptors (Lipinski definition) is 6. The van der Waals surface area contributed by atoms with Gasteiger partial charge in [0.1, 0.15) is 5.75 Å². The molecule has 0 saturated carbocycles. The van der Waals surface area contributed by atoms with E-state index in [2.05, 4.69) is 4.98 Å². The highest BCUT2D eigenvalue weighted by atomic mass is 16.5. The maximum atomic E-state index is 12.4. The number of esters is 1. The molecule has 0 bridgehead atoms. The third-order valence-corrected chi connectivity index (χ3v) is 4.28. The molecule has 1 N–H and O–H groups in total. The van der Waals surface area contributed by atoms with Gasteiger partial charge in [-0.15, -0.1) is 0 Å². The van der Waals surface area contributed by atoms with Gasteiger partial charge in [0, 0.05) is 23.4 Å². The molecule has 0 aliphatic rings. The van der Waals surface area contributed by atoms with Crippen molar-refractivity contribution in [3.63, 3.8) is 0 Å². The molecule has 1 aromatic heterocycles. The summed E-state index contributed by atoms with van der Waals surface area (Å²) in [6, 6.07) is 10.5. The Morgan fingerprint density at radius 3 is 2.26 bits per heavy atom. The largest absolute Gasteiger partial charge is 0.508 e. The lowest BCUT2D eigenvalue weighted by atomic mass is 10.00. The number of carbonyl (C=O) groups excluding carboxylic acids is 1. The summed E-state index contributed by atoms with van der Waals surface area (Å²) in [6.45, 7) is 2.04. The number of rotatable bonds is 6. The van der Waals surface area contributed by atoms with Gasteiger partial charge in [0.05, 0.1) is 32.1 Å². The number of nitrogens with zero attached hydrogens (tertiary/aromatic N) is 1.